The fraction of sp³-hybridized carbons (Fsp3) is 0.500. The second-order valence-corrected chi connectivity index (χ2v) is 5.92. The molecule has 4 atom stereocenters. The highest BCUT2D eigenvalue weighted by molar-refractivity contribution is 5.92. The average Bonchev–Trinajstić information content (AvgIpc) is 2.89. The smallest absolute Gasteiger partial charge is 0.303 e. The molecule has 2 rings (SSSR count). The predicted molar refractivity (Wildman–Crippen MR) is 91.2 cm³/mol. The van der Waals surface area contributed by atoms with Crippen molar-refractivity contribution in [3.8, 4) is 0 Å². The van der Waals surface area contributed by atoms with Gasteiger partial charge in [0, 0.05) is 33.2 Å². The highest BCUT2D eigenvalue weighted by Crippen LogP contribution is 2.33. The van der Waals surface area contributed by atoms with Crippen molar-refractivity contribution < 1.29 is 33.3 Å². The molecule has 0 aliphatic carbocycles. The molecular weight excluding hydrogens is 376 g/mol. The number of carbonyl (C=O) groups excluding carboxylic acids is 3. The number of nitrogens with one attached hydrogen (secondary N) is 1. The first-order valence-corrected chi connectivity index (χ1v) is 8.16. The van der Waals surface area contributed by atoms with E-state index in [1.807, 2.05) is 0 Å². The van der Waals surface area contributed by atoms with Crippen molar-refractivity contribution in [3.63, 3.8) is 0 Å². The van der Waals surface area contributed by atoms with Crippen LogP contribution in [0.5, 0.6) is 0 Å². The molecule has 0 saturated carbocycles. The summed E-state index contributed by atoms with van der Waals surface area (Å²) in [7, 11) is 0. The molecule has 12 heteroatoms. The van der Waals surface area contributed by atoms with Gasteiger partial charge in [-0.3, -0.25) is 29.2 Å². The Labute approximate surface area is 159 Å². The summed E-state index contributed by atoms with van der Waals surface area (Å²) >= 11 is 0. The van der Waals surface area contributed by atoms with Crippen molar-refractivity contribution in [2.45, 2.75) is 45.3 Å². The summed E-state index contributed by atoms with van der Waals surface area (Å²) in [5.74, 6) is -2.56. The molecule has 0 amide bonds. The summed E-state index contributed by atoms with van der Waals surface area (Å²) < 4.78 is 22.1. The lowest BCUT2D eigenvalue weighted by molar-refractivity contribution is -0.166. The van der Waals surface area contributed by atoms with Gasteiger partial charge < -0.3 is 24.7 Å². The molecule has 1 saturated heterocycles. The Morgan fingerprint density at radius 3 is 2.32 bits per heavy atom. The minimum Gasteiger partial charge on any atom is -0.463 e. The Morgan fingerprint density at radius 1 is 1.18 bits per heavy atom. The van der Waals surface area contributed by atoms with Crippen LogP contribution in [0.1, 0.15) is 32.7 Å². The van der Waals surface area contributed by atoms with E-state index in [2.05, 4.69) is 4.98 Å². The largest absolute Gasteiger partial charge is 0.463 e. The van der Waals surface area contributed by atoms with Gasteiger partial charge in [0.05, 0.1) is 0 Å². The number of hydrogen-bond donors (Lipinski definition) is 2. The third-order valence-electron chi connectivity index (χ3n) is 3.74. The predicted octanol–water partition coefficient (Wildman–Crippen LogP) is -1.15. The molecule has 0 radical (unpaired) electrons. The Hall–Kier alpha value is -3.28. The molecule has 1 aliphatic rings. The van der Waals surface area contributed by atoms with Crippen LogP contribution in [-0.4, -0.2) is 58.2 Å². The number of carbonyl (C=O) groups is 3. The standard InChI is InChI=1S/C16H20N4O8/c1-7(21)25-6-10-12(26-8(2)22)13(27-9(3)23)16(28-10)20-5-4-19-11(14(17)18)15(20)24/h4-5,10,12-13,16H,6H2,1-3H3,(H3,17,18)/t10-,12-,13-,16-/m1/s1. The van der Waals surface area contributed by atoms with E-state index in [0.29, 0.717) is 0 Å². The number of nitrogen functional groups attached to an aromatic ring is 1. The summed E-state index contributed by atoms with van der Waals surface area (Å²) in [6.07, 6.45) is -2.15. The quantitative estimate of drug-likeness (QED) is 0.259. The van der Waals surface area contributed by atoms with Gasteiger partial charge in [-0.2, -0.15) is 0 Å². The lowest BCUT2D eigenvalue weighted by atomic mass is 10.1. The van der Waals surface area contributed by atoms with Crippen molar-refractivity contribution in [1.82, 2.24) is 9.55 Å². The first kappa shape index (κ1) is 21.0. The van der Waals surface area contributed by atoms with E-state index < -0.39 is 53.8 Å². The van der Waals surface area contributed by atoms with Crippen LogP contribution in [0.15, 0.2) is 17.2 Å². The van der Waals surface area contributed by atoms with Crippen molar-refractivity contribution in [3.05, 3.63) is 28.4 Å². The van der Waals surface area contributed by atoms with Crippen LogP contribution in [0.25, 0.3) is 0 Å². The normalized spacial score (nSPS) is 23.7. The van der Waals surface area contributed by atoms with Gasteiger partial charge in [-0.05, 0) is 0 Å². The van der Waals surface area contributed by atoms with E-state index in [1.54, 1.807) is 0 Å². The Morgan fingerprint density at radius 2 is 1.79 bits per heavy atom. The number of amidine groups is 1. The molecule has 0 bridgehead atoms. The monoisotopic (exact) mass is 396 g/mol. The van der Waals surface area contributed by atoms with Crippen molar-refractivity contribution >= 4 is 23.7 Å². The number of esters is 3. The van der Waals surface area contributed by atoms with Crippen LogP contribution in [0.3, 0.4) is 0 Å². The molecule has 0 aromatic carbocycles. The van der Waals surface area contributed by atoms with Gasteiger partial charge in [0.2, 0.25) is 0 Å². The minimum absolute atomic E-state index is 0.305. The van der Waals surface area contributed by atoms with Gasteiger partial charge in [-0.1, -0.05) is 0 Å². The number of nitrogens with zero attached hydrogens (tertiary/aromatic N) is 2. The van der Waals surface area contributed by atoms with Crippen molar-refractivity contribution in [2.24, 2.45) is 5.73 Å². The fourth-order valence-corrected chi connectivity index (χ4v) is 2.73. The maximum absolute atomic E-state index is 12.6. The molecule has 2 heterocycles. The third kappa shape index (κ3) is 4.71. The van der Waals surface area contributed by atoms with Crippen LogP contribution in [-0.2, 0) is 33.3 Å². The number of ether oxygens (including phenoxy) is 4. The lowest BCUT2D eigenvalue weighted by Crippen LogP contribution is -2.42. The van der Waals surface area contributed by atoms with E-state index in [0.717, 1.165) is 18.4 Å². The zero-order valence-electron chi connectivity index (χ0n) is 15.4. The van der Waals surface area contributed by atoms with Gasteiger partial charge in [0.15, 0.2) is 24.1 Å². The van der Waals surface area contributed by atoms with Gasteiger partial charge in [0.25, 0.3) is 5.56 Å². The second kappa shape index (κ2) is 8.61. The second-order valence-electron chi connectivity index (χ2n) is 5.92. The lowest BCUT2D eigenvalue weighted by Gasteiger charge is -2.24. The number of rotatable bonds is 6. The first-order valence-electron chi connectivity index (χ1n) is 8.16. The van der Waals surface area contributed by atoms with E-state index in [4.69, 9.17) is 30.1 Å². The molecule has 0 unspecified atom stereocenters. The molecule has 1 aliphatic heterocycles. The van der Waals surface area contributed by atoms with E-state index in [1.165, 1.54) is 19.3 Å². The molecule has 1 aromatic heterocycles. The van der Waals surface area contributed by atoms with Gasteiger partial charge in [0.1, 0.15) is 18.5 Å². The Balaban J connectivity index is 2.48. The maximum Gasteiger partial charge on any atom is 0.303 e. The van der Waals surface area contributed by atoms with Gasteiger partial charge in [-0.25, -0.2) is 4.98 Å². The molecule has 1 aromatic rings. The van der Waals surface area contributed by atoms with E-state index in [9.17, 15) is 19.2 Å². The average molecular weight is 396 g/mol. The first-order chi connectivity index (χ1) is 13.1. The van der Waals surface area contributed by atoms with Crippen LogP contribution in [0.4, 0.5) is 0 Å². The molecule has 28 heavy (non-hydrogen) atoms. The molecule has 12 nitrogen and oxygen atoms in total. The summed E-state index contributed by atoms with van der Waals surface area (Å²) in [4.78, 5) is 50.6. The van der Waals surface area contributed by atoms with Crippen molar-refractivity contribution in [2.75, 3.05) is 6.61 Å². The van der Waals surface area contributed by atoms with Crippen molar-refractivity contribution in [1.29, 1.82) is 5.41 Å². The van der Waals surface area contributed by atoms with E-state index >= 15 is 0 Å². The maximum atomic E-state index is 12.6. The molecule has 152 valence electrons. The van der Waals surface area contributed by atoms with Gasteiger partial charge in [-0.15, -0.1) is 0 Å². The van der Waals surface area contributed by atoms with Gasteiger partial charge >= 0.3 is 17.9 Å². The summed E-state index contributed by atoms with van der Waals surface area (Å²) in [5.41, 5.74) is 4.25. The molecule has 1 fully saturated rings. The van der Waals surface area contributed by atoms with Crippen LogP contribution in [0, 0.1) is 5.41 Å². The van der Waals surface area contributed by atoms with Crippen LogP contribution in [0.2, 0.25) is 0 Å². The van der Waals surface area contributed by atoms with E-state index in [-0.39, 0.29) is 12.3 Å². The summed E-state index contributed by atoms with van der Waals surface area (Å²) in [6.45, 7) is 3.16. The Kier molecular flexibility index (Phi) is 6.46. The minimum atomic E-state index is -1.23. The SMILES string of the molecule is CC(=O)OC[C@H]1O[C@@H](n2ccnc(C(=N)N)c2=O)[C@H](OC(C)=O)[C@@H]1OC(C)=O. The number of nitrogens with two attached hydrogens (primary N) is 1. The molecular formula is C16H20N4O8. The van der Waals surface area contributed by atoms with Crippen LogP contribution >= 0.6 is 0 Å². The highest BCUT2D eigenvalue weighted by Gasteiger charge is 2.50. The number of hydrogen-bond acceptors (Lipinski definition) is 10. The zero-order valence-corrected chi connectivity index (χ0v) is 15.4. The Bertz CT molecular complexity index is 851. The zero-order chi connectivity index (χ0) is 21.0. The third-order valence-corrected chi connectivity index (χ3v) is 3.74. The molecule has 3 N–H and O–H groups in total. The summed E-state index contributed by atoms with van der Waals surface area (Å²) in [6, 6.07) is 0. The fourth-order valence-electron chi connectivity index (χ4n) is 2.73. The molecule has 0 spiro atoms. The highest BCUT2D eigenvalue weighted by atomic mass is 16.7. The topological polar surface area (TPSA) is 173 Å². The van der Waals surface area contributed by atoms with Crippen LogP contribution < -0.4 is 11.3 Å². The summed E-state index contributed by atoms with van der Waals surface area (Å²) in [5, 5.41) is 7.44. The number of aromatic nitrogens is 2.